The molecule has 0 amide bonds. The highest BCUT2D eigenvalue weighted by molar-refractivity contribution is 5.87. The molecule has 4 heterocycles. The minimum Gasteiger partial charge on any atom is -0.480 e. The van der Waals surface area contributed by atoms with Gasteiger partial charge in [-0.25, -0.2) is 0 Å². The average molecular weight is 348 g/mol. The molecular weight excluding hydrogens is 332 g/mol. The van der Waals surface area contributed by atoms with Crippen molar-refractivity contribution in [3.05, 3.63) is 83.8 Å². The Labute approximate surface area is 148 Å². The van der Waals surface area contributed by atoms with Crippen molar-refractivity contribution in [2.75, 3.05) is 0 Å². The molecule has 0 bridgehead atoms. The number of carboxylic acids is 1. The zero-order chi connectivity index (χ0) is 17.7. The summed E-state index contributed by atoms with van der Waals surface area (Å²) in [5.74, 6) is 0.237. The van der Waals surface area contributed by atoms with Gasteiger partial charge in [-0.1, -0.05) is 18.2 Å². The first-order valence-corrected chi connectivity index (χ1v) is 8.38. The van der Waals surface area contributed by atoms with Crippen LogP contribution in [0.1, 0.15) is 22.8 Å². The fraction of sp³-hybridized carbons (Fsp3) is 0.150. The van der Waals surface area contributed by atoms with E-state index in [0.29, 0.717) is 17.9 Å². The normalized spacial score (nSPS) is 18.7. The highest BCUT2D eigenvalue weighted by atomic mass is 16.4. The third kappa shape index (κ3) is 1.93. The number of carboxylic acid groups (broad SMARTS) is 1. The minimum absolute atomic E-state index is 0.373. The zero-order valence-corrected chi connectivity index (χ0v) is 13.7. The Balaban J connectivity index is 1.88. The number of para-hydroxylation sites is 1. The van der Waals surface area contributed by atoms with Gasteiger partial charge in [0, 0.05) is 17.3 Å². The van der Waals surface area contributed by atoms with Gasteiger partial charge in [-0.05, 0) is 35.9 Å². The van der Waals surface area contributed by atoms with Crippen LogP contribution in [-0.2, 0) is 16.8 Å². The number of rotatable bonds is 3. The van der Waals surface area contributed by atoms with Gasteiger partial charge in [-0.3, -0.25) is 10.1 Å². The van der Waals surface area contributed by atoms with Gasteiger partial charge in [-0.15, -0.1) is 0 Å². The number of hydrogen-bond donors (Lipinski definition) is 3. The average Bonchev–Trinajstić information content (AvgIpc) is 3.40. The van der Waals surface area contributed by atoms with Gasteiger partial charge in [0.2, 0.25) is 0 Å². The lowest BCUT2D eigenvalue weighted by molar-refractivity contribution is -0.140. The lowest BCUT2D eigenvalue weighted by Gasteiger charge is -2.38. The molecule has 6 nitrogen and oxygen atoms in total. The number of fused-ring (bicyclic) bond motifs is 3. The molecule has 1 aromatic carbocycles. The number of carbonyl (C=O) groups is 1. The largest absolute Gasteiger partial charge is 0.480 e. The minimum atomic E-state index is -1.04. The quantitative estimate of drug-likeness (QED) is 0.529. The molecule has 26 heavy (non-hydrogen) atoms. The third-order valence-corrected chi connectivity index (χ3v) is 5.07. The molecule has 130 valence electrons. The Morgan fingerprint density at radius 3 is 2.35 bits per heavy atom. The molecule has 0 radical (unpaired) electrons. The SMILES string of the molecule is O=C(O)C1Cc2c([nH]c3ccccc23)C(c2ccco2)(c2ccco2)N1. The molecule has 0 saturated carbocycles. The number of benzene rings is 1. The first-order valence-electron chi connectivity index (χ1n) is 8.38. The maximum absolute atomic E-state index is 11.9. The van der Waals surface area contributed by atoms with E-state index < -0.39 is 17.6 Å². The van der Waals surface area contributed by atoms with Crippen LogP contribution in [0.2, 0.25) is 0 Å². The summed E-state index contributed by atoms with van der Waals surface area (Å²) in [5, 5.41) is 14.0. The van der Waals surface area contributed by atoms with E-state index in [2.05, 4.69) is 10.3 Å². The van der Waals surface area contributed by atoms with E-state index in [1.165, 1.54) is 0 Å². The number of H-pyrrole nitrogens is 1. The summed E-state index contributed by atoms with van der Waals surface area (Å²) in [6, 6.07) is 14.3. The Hall–Kier alpha value is -3.25. The number of furan rings is 2. The molecule has 0 fully saturated rings. The molecule has 0 saturated heterocycles. The summed E-state index contributed by atoms with van der Waals surface area (Å²) < 4.78 is 11.5. The fourth-order valence-corrected chi connectivity index (χ4v) is 3.96. The molecule has 5 rings (SSSR count). The van der Waals surface area contributed by atoms with Crippen LogP contribution in [-0.4, -0.2) is 22.1 Å². The first kappa shape index (κ1) is 15.0. The second kappa shape index (κ2) is 5.37. The van der Waals surface area contributed by atoms with Crippen molar-refractivity contribution in [1.29, 1.82) is 0 Å². The van der Waals surface area contributed by atoms with Crippen molar-refractivity contribution < 1.29 is 18.7 Å². The summed E-state index contributed by atoms with van der Waals surface area (Å²) in [6.07, 6.45) is 3.53. The van der Waals surface area contributed by atoms with Crippen LogP contribution in [0.3, 0.4) is 0 Å². The summed E-state index contributed by atoms with van der Waals surface area (Å²) in [4.78, 5) is 15.4. The summed E-state index contributed by atoms with van der Waals surface area (Å²) >= 11 is 0. The standard InChI is InChI=1S/C20H16N2O4/c23-19(24)15-11-13-12-5-1-2-6-14(12)21-18(13)20(22-15,16-7-3-9-25-16)17-8-4-10-26-17/h1-10,15,21-22H,11H2,(H,23,24). The van der Waals surface area contributed by atoms with Gasteiger partial charge >= 0.3 is 5.97 Å². The topological polar surface area (TPSA) is 91.4 Å². The van der Waals surface area contributed by atoms with Crippen LogP contribution >= 0.6 is 0 Å². The van der Waals surface area contributed by atoms with Gasteiger partial charge < -0.3 is 18.9 Å². The van der Waals surface area contributed by atoms with Crippen molar-refractivity contribution in [3.63, 3.8) is 0 Å². The molecule has 3 N–H and O–H groups in total. The number of nitrogens with one attached hydrogen (secondary N) is 2. The fourth-order valence-electron chi connectivity index (χ4n) is 3.96. The summed E-state index contributed by atoms with van der Waals surface area (Å²) in [5.41, 5.74) is 1.72. The van der Waals surface area contributed by atoms with E-state index in [9.17, 15) is 9.90 Å². The van der Waals surface area contributed by atoms with E-state index in [1.54, 1.807) is 24.7 Å². The number of hydrogen-bond acceptors (Lipinski definition) is 4. The number of aromatic nitrogens is 1. The van der Waals surface area contributed by atoms with Crippen molar-refractivity contribution in [3.8, 4) is 0 Å². The Morgan fingerprint density at radius 1 is 1.04 bits per heavy atom. The van der Waals surface area contributed by atoms with Gasteiger partial charge in [0.05, 0.1) is 18.2 Å². The molecule has 0 spiro atoms. The first-order chi connectivity index (χ1) is 12.7. The van der Waals surface area contributed by atoms with E-state index in [1.807, 2.05) is 36.4 Å². The van der Waals surface area contributed by atoms with Gasteiger partial charge in [0.15, 0.2) is 5.54 Å². The van der Waals surface area contributed by atoms with E-state index >= 15 is 0 Å². The Kier molecular flexibility index (Phi) is 3.11. The Morgan fingerprint density at radius 2 is 1.73 bits per heavy atom. The predicted molar refractivity (Wildman–Crippen MR) is 93.9 cm³/mol. The van der Waals surface area contributed by atoms with Gasteiger partial charge in [0.1, 0.15) is 17.6 Å². The number of aliphatic carboxylic acids is 1. The smallest absolute Gasteiger partial charge is 0.321 e. The molecule has 1 atom stereocenters. The zero-order valence-electron chi connectivity index (χ0n) is 13.7. The third-order valence-electron chi connectivity index (χ3n) is 5.07. The van der Waals surface area contributed by atoms with Crippen LogP contribution in [0.25, 0.3) is 10.9 Å². The monoisotopic (exact) mass is 348 g/mol. The lowest BCUT2D eigenvalue weighted by atomic mass is 9.80. The molecular formula is C20H16N2O4. The second-order valence-electron chi connectivity index (χ2n) is 6.47. The van der Waals surface area contributed by atoms with Crippen LogP contribution in [0.15, 0.2) is 69.9 Å². The van der Waals surface area contributed by atoms with Crippen LogP contribution in [0, 0.1) is 0 Å². The molecule has 1 unspecified atom stereocenters. The molecule has 1 aliphatic rings. The van der Waals surface area contributed by atoms with Crippen molar-refractivity contribution in [2.45, 2.75) is 18.0 Å². The van der Waals surface area contributed by atoms with E-state index in [-0.39, 0.29) is 0 Å². The van der Waals surface area contributed by atoms with E-state index in [4.69, 9.17) is 8.83 Å². The highest BCUT2D eigenvalue weighted by Crippen LogP contribution is 2.44. The predicted octanol–water partition coefficient (Wildman–Crippen LogP) is 3.24. The number of aromatic amines is 1. The maximum atomic E-state index is 11.9. The van der Waals surface area contributed by atoms with Crippen LogP contribution in [0.4, 0.5) is 0 Å². The second-order valence-corrected chi connectivity index (χ2v) is 6.47. The van der Waals surface area contributed by atoms with Crippen molar-refractivity contribution >= 4 is 16.9 Å². The lowest BCUT2D eigenvalue weighted by Crippen LogP contribution is -2.56. The molecule has 4 aromatic rings. The highest BCUT2D eigenvalue weighted by Gasteiger charge is 2.50. The summed E-state index contributed by atoms with van der Waals surface area (Å²) in [7, 11) is 0. The van der Waals surface area contributed by atoms with Gasteiger partial charge in [0.25, 0.3) is 0 Å². The summed E-state index contributed by atoms with van der Waals surface area (Å²) in [6.45, 7) is 0. The molecule has 1 aliphatic heterocycles. The van der Waals surface area contributed by atoms with Crippen molar-refractivity contribution in [1.82, 2.24) is 10.3 Å². The Bertz CT molecular complexity index is 1040. The molecule has 3 aromatic heterocycles. The van der Waals surface area contributed by atoms with Crippen molar-refractivity contribution in [2.24, 2.45) is 0 Å². The maximum Gasteiger partial charge on any atom is 0.321 e. The van der Waals surface area contributed by atoms with Gasteiger partial charge in [-0.2, -0.15) is 0 Å². The molecule has 0 aliphatic carbocycles. The van der Waals surface area contributed by atoms with E-state index in [0.717, 1.165) is 22.2 Å². The van der Waals surface area contributed by atoms with Crippen LogP contribution in [0.5, 0.6) is 0 Å². The molecule has 6 heteroatoms. The van der Waals surface area contributed by atoms with Crippen LogP contribution < -0.4 is 5.32 Å².